The van der Waals surface area contributed by atoms with Gasteiger partial charge < -0.3 is 41.1 Å². The van der Waals surface area contributed by atoms with Crippen LogP contribution < -0.4 is 5.73 Å². The predicted molar refractivity (Wildman–Crippen MR) is 55.0 cm³/mol. The molecule has 0 aromatic heterocycles. The van der Waals surface area contributed by atoms with E-state index in [1.807, 2.05) is 0 Å². The lowest BCUT2D eigenvalue weighted by Gasteiger charge is -2.44. The van der Waals surface area contributed by atoms with Crippen LogP contribution in [0.2, 0.25) is 0 Å². The van der Waals surface area contributed by atoms with Crippen molar-refractivity contribution in [2.24, 2.45) is 5.73 Å². The van der Waals surface area contributed by atoms with Crippen molar-refractivity contribution in [2.45, 2.75) is 36.1 Å². The van der Waals surface area contributed by atoms with Crippen molar-refractivity contribution < 1.29 is 40.2 Å². The molecular weight excluding hydrogens is 250 g/mol. The molecule has 8 N–H and O–H groups in total. The van der Waals surface area contributed by atoms with E-state index in [-0.39, 0.29) is 0 Å². The van der Waals surface area contributed by atoms with Crippen molar-refractivity contribution in [2.75, 3.05) is 13.2 Å². The maximum absolute atomic E-state index is 11.1. The van der Waals surface area contributed by atoms with E-state index >= 15 is 0 Å². The number of hydrogen-bond donors (Lipinski definition) is 7. The van der Waals surface area contributed by atoms with Gasteiger partial charge in [-0.2, -0.15) is 0 Å². The first-order valence-corrected chi connectivity index (χ1v) is 5.23. The summed E-state index contributed by atoms with van der Waals surface area (Å²) in [5, 5.41) is 56.3. The minimum Gasteiger partial charge on any atom is -0.394 e. The van der Waals surface area contributed by atoms with E-state index in [4.69, 9.17) is 20.7 Å². The van der Waals surface area contributed by atoms with Crippen LogP contribution in [0.5, 0.6) is 0 Å². The Morgan fingerprint density at radius 3 is 2.11 bits per heavy atom. The minimum atomic E-state index is -2.63. The molecule has 0 radical (unpaired) electrons. The molecule has 1 saturated heterocycles. The van der Waals surface area contributed by atoms with Gasteiger partial charge in [-0.25, -0.2) is 0 Å². The highest BCUT2D eigenvalue weighted by Gasteiger charge is 2.54. The molecule has 0 bridgehead atoms. The maximum atomic E-state index is 11.1. The van der Waals surface area contributed by atoms with Crippen molar-refractivity contribution in [1.82, 2.24) is 0 Å². The van der Waals surface area contributed by atoms with Gasteiger partial charge in [0.25, 0.3) is 5.91 Å². The van der Waals surface area contributed by atoms with Crippen LogP contribution in [0.1, 0.15) is 0 Å². The average molecular weight is 267 g/mol. The molecule has 1 amide bonds. The van der Waals surface area contributed by atoms with Gasteiger partial charge in [0.2, 0.25) is 0 Å². The van der Waals surface area contributed by atoms with Crippen LogP contribution in [0, 0.1) is 0 Å². The largest absolute Gasteiger partial charge is 0.394 e. The molecule has 0 saturated carbocycles. The first-order valence-electron chi connectivity index (χ1n) is 5.23. The molecule has 0 aliphatic carbocycles. The SMILES string of the molecule is NC(=O)C(O)(CO)[C@@H]1O[C@H](CO)[C@@H](O)[C@H](O)[C@H]1O. The van der Waals surface area contributed by atoms with Gasteiger partial charge in [0, 0.05) is 0 Å². The van der Waals surface area contributed by atoms with Gasteiger partial charge in [0.05, 0.1) is 13.2 Å². The molecule has 6 atom stereocenters. The molecule has 1 aliphatic rings. The predicted octanol–water partition coefficient (Wildman–Crippen LogP) is -4.96. The maximum Gasteiger partial charge on any atom is 0.254 e. The second-order valence-electron chi connectivity index (χ2n) is 4.20. The normalized spacial score (nSPS) is 40.2. The van der Waals surface area contributed by atoms with Crippen molar-refractivity contribution in [3.63, 3.8) is 0 Å². The molecule has 0 aromatic rings. The van der Waals surface area contributed by atoms with Crippen molar-refractivity contribution in [1.29, 1.82) is 0 Å². The van der Waals surface area contributed by atoms with E-state index in [9.17, 15) is 25.2 Å². The van der Waals surface area contributed by atoms with Crippen LogP contribution in [0.3, 0.4) is 0 Å². The number of amides is 1. The second kappa shape index (κ2) is 5.45. The molecule has 9 nitrogen and oxygen atoms in total. The highest BCUT2D eigenvalue weighted by atomic mass is 16.6. The Morgan fingerprint density at radius 2 is 1.72 bits per heavy atom. The molecule has 9 heteroatoms. The van der Waals surface area contributed by atoms with Crippen molar-refractivity contribution in [3.05, 3.63) is 0 Å². The molecule has 18 heavy (non-hydrogen) atoms. The molecule has 106 valence electrons. The van der Waals surface area contributed by atoms with E-state index in [2.05, 4.69) is 0 Å². The minimum absolute atomic E-state index is 0.721. The van der Waals surface area contributed by atoms with Gasteiger partial charge in [-0.3, -0.25) is 4.79 Å². The summed E-state index contributed by atoms with van der Waals surface area (Å²) in [5.74, 6) is -1.37. The Kier molecular flexibility index (Phi) is 4.61. The standard InChI is InChI=1S/C9H17NO8/c10-8(16)9(17,2-12)7-6(15)5(14)4(13)3(1-11)18-7/h3-7,11-15,17H,1-2H2,(H2,10,16)/t3-,4-,5+,6-,7-,9?/m1/s1. The number of nitrogens with two attached hydrogens (primary N) is 1. The quantitative estimate of drug-likeness (QED) is 0.265. The van der Waals surface area contributed by atoms with Gasteiger partial charge in [0.15, 0.2) is 5.60 Å². The number of rotatable bonds is 4. The molecule has 1 fully saturated rings. The van der Waals surface area contributed by atoms with E-state index < -0.39 is 55.2 Å². The summed E-state index contributed by atoms with van der Waals surface area (Å²) in [4.78, 5) is 11.1. The third-order valence-corrected chi connectivity index (χ3v) is 3.03. The number of aliphatic hydroxyl groups excluding tert-OH is 5. The number of carbonyl (C=O) groups excluding carboxylic acids is 1. The molecule has 1 heterocycles. The van der Waals surface area contributed by atoms with E-state index in [1.165, 1.54) is 0 Å². The lowest BCUT2D eigenvalue weighted by atomic mass is 9.85. The Bertz CT molecular complexity index is 311. The second-order valence-corrected chi connectivity index (χ2v) is 4.20. The van der Waals surface area contributed by atoms with Gasteiger partial charge in [-0.1, -0.05) is 0 Å². The monoisotopic (exact) mass is 267 g/mol. The Morgan fingerprint density at radius 1 is 1.17 bits per heavy atom. The van der Waals surface area contributed by atoms with E-state index in [0.29, 0.717) is 0 Å². The zero-order valence-electron chi connectivity index (χ0n) is 9.38. The van der Waals surface area contributed by atoms with E-state index in [0.717, 1.165) is 0 Å². The fourth-order valence-corrected chi connectivity index (χ4v) is 1.80. The van der Waals surface area contributed by atoms with Gasteiger partial charge in [0.1, 0.15) is 30.5 Å². The van der Waals surface area contributed by atoms with Crippen LogP contribution in [0.15, 0.2) is 0 Å². The Balaban J connectivity index is 3.04. The number of primary amides is 1. The van der Waals surface area contributed by atoms with Crippen LogP contribution in [0.25, 0.3) is 0 Å². The molecule has 0 aromatic carbocycles. The topological polar surface area (TPSA) is 174 Å². The molecule has 1 rings (SSSR count). The lowest BCUT2D eigenvalue weighted by Crippen LogP contribution is -2.69. The van der Waals surface area contributed by atoms with Gasteiger partial charge >= 0.3 is 0 Å². The van der Waals surface area contributed by atoms with Crippen LogP contribution in [-0.4, -0.2) is 85.9 Å². The fraction of sp³-hybridized carbons (Fsp3) is 0.889. The molecule has 0 spiro atoms. The third kappa shape index (κ3) is 2.34. The summed E-state index contributed by atoms with van der Waals surface area (Å²) in [5.41, 5.74) is 2.26. The van der Waals surface area contributed by atoms with Crippen LogP contribution in [-0.2, 0) is 9.53 Å². The number of carbonyl (C=O) groups is 1. The number of ether oxygens (including phenoxy) is 1. The summed E-state index contributed by atoms with van der Waals surface area (Å²) in [7, 11) is 0. The molecule has 1 unspecified atom stereocenters. The van der Waals surface area contributed by atoms with Crippen LogP contribution in [0.4, 0.5) is 0 Å². The summed E-state index contributed by atoms with van der Waals surface area (Å²) in [6.45, 7) is -1.87. The van der Waals surface area contributed by atoms with Crippen LogP contribution >= 0.6 is 0 Å². The number of hydrogen-bond acceptors (Lipinski definition) is 8. The van der Waals surface area contributed by atoms with E-state index in [1.54, 1.807) is 0 Å². The Labute approximate surface area is 102 Å². The smallest absolute Gasteiger partial charge is 0.254 e. The fourth-order valence-electron chi connectivity index (χ4n) is 1.80. The summed E-state index contributed by atoms with van der Waals surface area (Å²) < 4.78 is 4.93. The average Bonchev–Trinajstić information content (AvgIpc) is 2.35. The zero-order chi connectivity index (χ0) is 14.1. The summed E-state index contributed by atoms with van der Waals surface area (Å²) >= 11 is 0. The first-order chi connectivity index (χ1) is 8.29. The third-order valence-electron chi connectivity index (χ3n) is 3.03. The number of aliphatic hydroxyl groups is 6. The van der Waals surface area contributed by atoms with Crippen molar-refractivity contribution in [3.8, 4) is 0 Å². The molecule has 1 aliphatic heterocycles. The van der Waals surface area contributed by atoms with Gasteiger partial charge in [-0.05, 0) is 0 Å². The lowest BCUT2D eigenvalue weighted by molar-refractivity contribution is -0.269. The summed E-state index contributed by atoms with van der Waals surface area (Å²) in [6, 6.07) is 0. The highest BCUT2D eigenvalue weighted by Crippen LogP contribution is 2.28. The Hall–Kier alpha value is -0.810. The van der Waals surface area contributed by atoms with Gasteiger partial charge in [-0.15, -0.1) is 0 Å². The molecular formula is C9H17NO8. The summed E-state index contributed by atoms with van der Waals surface area (Å²) in [6.07, 6.45) is -8.32. The first kappa shape index (κ1) is 15.2. The van der Waals surface area contributed by atoms with Crippen molar-refractivity contribution >= 4 is 5.91 Å². The zero-order valence-corrected chi connectivity index (χ0v) is 9.38. The highest BCUT2D eigenvalue weighted by molar-refractivity contribution is 5.84.